The van der Waals surface area contributed by atoms with Crippen molar-refractivity contribution in [2.45, 2.75) is 39.0 Å². The van der Waals surface area contributed by atoms with Gasteiger partial charge < -0.3 is 15.2 Å². The number of allylic oxidation sites excluding steroid dienone is 2. The summed E-state index contributed by atoms with van der Waals surface area (Å²) in [4.78, 5) is 25.1. The minimum absolute atomic E-state index is 0.0388. The molecule has 2 aliphatic carbocycles. The summed E-state index contributed by atoms with van der Waals surface area (Å²) in [6, 6.07) is 20.6. The Morgan fingerprint density at radius 1 is 0.903 bits per heavy atom. The second-order valence-electron chi connectivity index (χ2n) is 9.07. The molecule has 1 N–H and O–H groups in total. The van der Waals surface area contributed by atoms with Crippen LogP contribution in [0.3, 0.4) is 0 Å². The number of amides is 1. The highest BCUT2D eigenvalue weighted by atomic mass is 16.4. The quantitative estimate of drug-likeness (QED) is 0.700. The fraction of sp³-hybridized carbons (Fsp3) is 0.407. The van der Waals surface area contributed by atoms with Crippen LogP contribution in [-0.2, 0) is 9.59 Å². The van der Waals surface area contributed by atoms with Gasteiger partial charge in [0.15, 0.2) is 0 Å². The summed E-state index contributed by atoms with van der Waals surface area (Å²) in [6.45, 7) is 4.56. The summed E-state index contributed by atoms with van der Waals surface area (Å²) in [5, 5.41) is 15.0. The van der Waals surface area contributed by atoms with E-state index in [9.17, 15) is 14.7 Å². The van der Waals surface area contributed by atoms with Gasteiger partial charge in [0.05, 0.1) is 5.92 Å². The van der Waals surface area contributed by atoms with Gasteiger partial charge in [0, 0.05) is 24.3 Å². The molecule has 1 amide bonds. The van der Waals surface area contributed by atoms with Gasteiger partial charge in [-0.15, -0.1) is 0 Å². The van der Waals surface area contributed by atoms with Gasteiger partial charge >= 0.3 is 0 Å². The number of fused-ring (bicyclic) bond motifs is 2. The summed E-state index contributed by atoms with van der Waals surface area (Å²) in [5.41, 5.74) is 4.76. The van der Waals surface area contributed by atoms with Gasteiger partial charge in [-0.2, -0.15) is 0 Å². The molecule has 4 rings (SSSR count). The molecule has 2 bridgehead atoms. The van der Waals surface area contributed by atoms with E-state index in [1.54, 1.807) is 0 Å². The van der Waals surface area contributed by atoms with Gasteiger partial charge in [0.1, 0.15) is 0 Å². The van der Waals surface area contributed by atoms with E-state index in [2.05, 4.69) is 29.6 Å². The molecule has 2 aliphatic rings. The zero-order chi connectivity index (χ0) is 22.0. The lowest BCUT2D eigenvalue weighted by atomic mass is 9.78. The predicted molar refractivity (Wildman–Crippen MR) is 119 cm³/mol. The molecule has 4 nitrogen and oxygen atoms in total. The number of carbonyl (C=O) groups is 2. The lowest BCUT2D eigenvalue weighted by Gasteiger charge is -2.30. The molecule has 0 aromatic heterocycles. The number of carbonyl (C=O) groups excluding carboxylic acids is 2. The van der Waals surface area contributed by atoms with Crippen molar-refractivity contribution in [3.8, 4) is 0 Å². The smallest absolute Gasteiger partial charge is 0.224 e. The molecule has 162 valence electrons. The Hall–Kier alpha value is -2.88. The van der Waals surface area contributed by atoms with Gasteiger partial charge in [0.2, 0.25) is 5.91 Å². The Morgan fingerprint density at radius 2 is 1.42 bits per heavy atom. The molecule has 0 radical (unpaired) electrons. The largest absolute Gasteiger partial charge is 0.550 e. The maximum Gasteiger partial charge on any atom is 0.224 e. The maximum atomic E-state index is 13.1. The molecule has 2 aromatic rings. The first-order valence-corrected chi connectivity index (χ1v) is 11.2. The van der Waals surface area contributed by atoms with Crippen LogP contribution >= 0.6 is 0 Å². The highest BCUT2D eigenvalue weighted by molar-refractivity contribution is 5.87. The summed E-state index contributed by atoms with van der Waals surface area (Å²) >= 11 is 0. The first-order valence-electron chi connectivity index (χ1n) is 11.2. The molecule has 2 fully saturated rings. The zero-order valence-electron chi connectivity index (χ0n) is 18.2. The first kappa shape index (κ1) is 21.4. The SMILES string of the molecule is CC(C)=C1[C@@H]2CC[C@@H]1[C@@H](C(=O)NCCC(c1ccccc1)c1ccccc1)[C@H]2C(=O)[O-]. The number of carboxylic acids is 1. The summed E-state index contributed by atoms with van der Waals surface area (Å²) < 4.78 is 0. The molecule has 4 heteroatoms. The fourth-order valence-electron chi connectivity index (χ4n) is 5.94. The standard InChI is InChI=1S/C27H31NO3/c1-17(2)23-21-13-14-22(23)25(27(30)31)24(21)26(29)28-16-15-20(18-9-5-3-6-10-18)19-11-7-4-8-12-19/h3-12,20-22,24-25H,13-16H2,1-2H3,(H,28,29)(H,30,31)/p-1/t21-,22-,24+,25-/m0/s1. The third kappa shape index (κ3) is 4.16. The van der Waals surface area contributed by atoms with E-state index in [4.69, 9.17) is 0 Å². The molecule has 0 heterocycles. The monoisotopic (exact) mass is 416 g/mol. The lowest BCUT2D eigenvalue weighted by Crippen LogP contribution is -2.46. The Labute approximate surface area is 184 Å². The van der Waals surface area contributed by atoms with E-state index in [1.807, 2.05) is 50.2 Å². The number of aliphatic carboxylic acids is 1. The van der Waals surface area contributed by atoms with Crippen LogP contribution in [0, 0.1) is 23.7 Å². The first-order chi connectivity index (χ1) is 15.0. The van der Waals surface area contributed by atoms with Crippen LogP contribution in [0.5, 0.6) is 0 Å². The normalized spacial score (nSPS) is 24.4. The summed E-state index contributed by atoms with van der Waals surface area (Å²) in [7, 11) is 0. The highest BCUT2D eigenvalue weighted by Crippen LogP contribution is 2.56. The number of carboxylic acid groups (broad SMARTS) is 1. The lowest BCUT2D eigenvalue weighted by molar-refractivity contribution is -0.314. The van der Waals surface area contributed by atoms with Crippen molar-refractivity contribution < 1.29 is 14.7 Å². The van der Waals surface area contributed by atoms with Crippen LogP contribution in [0.4, 0.5) is 0 Å². The van der Waals surface area contributed by atoms with E-state index >= 15 is 0 Å². The van der Waals surface area contributed by atoms with Crippen LogP contribution in [0.1, 0.15) is 50.2 Å². The average Bonchev–Trinajstić information content (AvgIpc) is 3.34. The molecular weight excluding hydrogens is 386 g/mol. The van der Waals surface area contributed by atoms with Crippen molar-refractivity contribution in [2.24, 2.45) is 23.7 Å². The van der Waals surface area contributed by atoms with Gasteiger partial charge in [-0.05, 0) is 56.1 Å². The van der Waals surface area contributed by atoms with E-state index < -0.39 is 17.8 Å². The zero-order valence-corrected chi connectivity index (χ0v) is 18.2. The highest BCUT2D eigenvalue weighted by Gasteiger charge is 2.54. The summed E-state index contributed by atoms with van der Waals surface area (Å²) in [6.07, 6.45) is 2.49. The van der Waals surface area contributed by atoms with E-state index in [1.165, 1.54) is 16.7 Å². The molecule has 4 atom stereocenters. The second kappa shape index (κ2) is 9.09. The molecule has 0 spiro atoms. The average molecular weight is 417 g/mol. The van der Waals surface area contributed by atoms with Crippen LogP contribution in [0.25, 0.3) is 0 Å². The van der Waals surface area contributed by atoms with E-state index in [0.29, 0.717) is 6.54 Å². The molecule has 0 aliphatic heterocycles. The molecule has 31 heavy (non-hydrogen) atoms. The van der Waals surface area contributed by atoms with Crippen LogP contribution in [-0.4, -0.2) is 18.4 Å². The number of benzene rings is 2. The van der Waals surface area contributed by atoms with Gasteiger partial charge in [-0.25, -0.2) is 0 Å². The Bertz CT molecular complexity index is 923. The maximum absolute atomic E-state index is 13.1. The van der Waals surface area contributed by atoms with E-state index in [-0.39, 0.29) is 23.7 Å². The van der Waals surface area contributed by atoms with Crippen molar-refractivity contribution in [2.75, 3.05) is 6.54 Å². The fourth-order valence-corrected chi connectivity index (χ4v) is 5.94. The molecule has 2 aromatic carbocycles. The topological polar surface area (TPSA) is 69.2 Å². The third-order valence-corrected chi connectivity index (χ3v) is 7.13. The van der Waals surface area contributed by atoms with Crippen molar-refractivity contribution in [3.63, 3.8) is 0 Å². The molecule has 0 saturated heterocycles. The van der Waals surface area contributed by atoms with Crippen molar-refractivity contribution in [1.29, 1.82) is 0 Å². The minimum Gasteiger partial charge on any atom is -0.550 e. The Morgan fingerprint density at radius 3 is 1.90 bits per heavy atom. The van der Waals surface area contributed by atoms with Crippen LogP contribution in [0.2, 0.25) is 0 Å². The molecule has 0 unspecified atom stereocenters. The summed E-state index contributed by atoms with van der Waals surface area (Å²) in [5.74, 6) is -2.28. The van der Waals surface area contributed by atoms with Gasteiger partial charge in [-0.3, -0.25) is 4.79 Å². The Balaban J connectivity index is 1.48. The number of nitrogens with one attached hydrogen (secondary N) is 1. The van der Waals surface area contributed by atoms with Gasteiger partial charge in [-0.1, -0.05) is 71.8 Å². The predicted octanol–water partition coefficient (Wildman–Crippen LogP) is 3.68. The molecule has 2 saturated carbocycles. The molecular formula is C27H30NO3-. The number of hydrogen-bond acceptors (Lipinski definition) is 3. The Kier molecular flexibility index (Phi) is 6.26. The van der Waals surface area contributed by atoms with E-state index in [0.717, 1.165) is 24.8 Å². The van der Waals surface area contributed by atoms with Crippen molar-refractivity contribution >= 4 is 11.9 Å². The number of rotatable bonds is 7. The van der Waals surface area contributed by atoms with Crippen LogP contribution in [0.15, 0.2) is 71.8 Å². The second-order valence-corrected chi connectivity index (χ2v) is 9.07. The minimum atomic E-state index is -1.09. The third-order valence-electron chi connectivity index (χ3n) is 7.13. The van der Waals surface area contributed by atoms with Crippen molar-refractivity contribution in [3.05, 3.63) is 82.9 Å². The van der Waals surface area contributed by atoms with Crippen LogP contribution < -0.4 is 10.4 Å². The van der Waals surface area contributed by atoms with Gasteiger partial charge in [0.25, 0.3) is 0 Å². The van der Waals surface area contributed by atoms with Crippen molar-refractivity contribution in [1.82, 2.24) is 5.32 Å². The number of hydrogen-bond donors (Lipinski definition) is 1.